The van der Waals surface area contributed by atoms with E-state index in [1.54, 1.807) is 18.4 Å². The lowest BCUT2D eigenvalue weighted by atomic mass is 10.1. The lowest BCUT2D eigenvalue weighted by Gasteiger charge is -2.15. The Hall–Kier alpha value is -1.87. The molecular weight excluding hydrogens is 483 g/mol. The van der Waals surface area contributed by atoms with Gasteiger partial charge in [-0.05, 0) is 30.2 Å². The second-order valence-electron chi connectivity index (χ2n) is 6.61. The van der Waals surface area contributed by atoms with Crippen LogP contribution in [-0.4, -0.2) is 37.2 Å². The molecule has 0 spiro atoms. The summed E-state index contributed by atoms with van der Waals surface area (Å²) in [4.78, 5) is 8.99. The van der Waals surface area contributed by atoms with Gasteiger partial charge in [-0.2, -0.15) is 0 Å². The van der Waals surface area contributed by atoms with Crippen LogP contribution >= 0.6 is 35.3 Å². The predicted molar refractivity (Wildman–Crippen MR) is 127 cm³/mol. The molecule has 1 aromatic heterocycles. The molecule has 5 nitrogen and oxygen atoms in total. The average Bonchev–Trinajstić information content (AvgIpc) is 3.30. The zero-order chi connectivity index (χ0) is 18.5. The summed E-state index contributed by atoms with van der Waals surface area (Å²) in [6.07, 6.45) is 3.09. The zero-order valence-electron chi connectivity index (χ0n) is 15.9. The van der Waals surface area contributed by atoms with Gasteiger partial charge < -0.3 is 15.4 Å². The van der Waals surface area contributed by atoms with Gasteiger partial charge in [0.15, 0.2) is 5.96 Å². The maximum absolute atomic E-state index is 5.96. The van der Waals surface area contributed by atoms with Crippen molar-refractivity contribution in [3.63, 3.8) is 0 Å². The Morgan fingerprint density at radius 1 is 1.18 bits per heavy atom. The maximum Gasteiger partial charge on any atom is 0.191 e. The minimum atomic E-state index is 0. The first-order valence-corrected chi connectivity index (χ1v) is 10.2. The molecule has 0 saturated carbocycles. The van der Waals surface area contributed by atoms with Gasteiger partial charge in [0.05, 0.1) is 21.8 Å². The molecule has 0 bridgehead atoms. The smallest absolute Gasteiger partial charge is 0.191 e. The molecule has 7 heteroatoms. The molecule has 1 aliphatic heterocycles. The van der Waals surface area contributed by atoms with Crippen LogP contribution in [0.15, 0.2) is 53.5 Å². The van der Waals surface area contributed by atoms with Crippen LogP contribution in [0, 0.1) is 0 Å². The third-order valence-electron chi connectivity index (χ3n) is 4.63. The summed E-state index contributed by atoms with van der Waals surface area (Å²) in [5, 5.41) is 7.94. The predicted octanol–water partition coefficient (Wildman–Crippen LogP) is 4.02. The molecule has 0 fully saturated rings. The lowest BCUT2D eigenvalue weighted by molar-refractivity contribution is 0.235. The first kappa shape index (κ1) is 20.9. The van der Waals surface area contributed by atoms with Crippen LogP contribution in [0.1, 0.15) is 17.0 Å². The number of hydrogen-bond acceptors (Lipinski definition) is 4. The van der Waals surface area contributed by atoms with Crippen molar-refractivity contribution in [2.24, 2.45) is 4.99 Å². The first-order chi connectivity index (χ1) is 13.3. The van der Waals surface area contributed by atoms with Crippen LogP contribution in [0.2, 0.25) is 0 Å². The molecule has 1 atom stereocenters. The number of hydrogen-bond donors (Lipinski definition) is 2. The number of thiazole rings is 1. The van der Waals surface area contributed by atoms with Crippen molar-refractivity contribution in [2.75, 3.05) is 20.1 Å². The van der Waals surface area contributed by atoms with E-state index in [4.69, 9.17) is 4.74 Å². The van der Waals surface area contributed by atoms with Crippen molar-refractivity contribution in [1.29, 1.82) is 0 Å². The van der Waals surface area contributed by atoms with Gasteiger partial charge in [-0.15, -0.1) is 35.3 Å². The summed E-state index contributed by atoms with van der Waals surface area (Å²) in [6, 6.07) is 16.5. The van der Waals surface area contributed by atoms with E-state index < -0.39 is 0 Å². The van der Waals surface area contributed by atoms with Crippen molar-refractivity contribution in [2.45, 2.75) is 25.4 Å². The number of nitrogens with one attached hydrogen (secondary N) is 2. The van der Waals surface area contributed by atoms with Crippen LogP contribution < -0.4 is 15.4 Å². The summed E-state index contributed by atoms with van der Waals surface area (Å²) in [7, 11) is 1.80. The number of halogens is 1. The number of aryl methyl sites for hydroxylation is 1. The Balaban J connectivity index is 0.00000225. The van der Waals surface area contributed by atoms with Crippen LogP contribution in [0.25, 0.3) is 10.2 Å². The Bertz CT molecular complexity index is 885. The highest BCUT2D eigenvalue weighted by molar-refractivity contribution is 14.0. The van der Waals surface area contributed by atoms with Gasteiger partial charge in [-0.25, -0.2) is 4.98 Å². The normalized spacial score (nSPS) is 15.6. The SMILES string of the molecule is CN=C(NCCCc1nc2ccccc2s1)NCC1Cc2ccccc2O1.I. The average molecular weight is 508 g/mol. The van der Waals surface area contributed by atoms with Gasteiger partial charge >= 0.3 is 0 Å². The largest absolute Gasteiger partial charge is 0.488 e. The monoisotopic (exact) mass is 508 g/mol. The highest BCUT2D eigenvalue weighted by Gasteiger charge is 2.22. The highest BCUT2D eigenvalue weighted by Crippen LogP contribution is 2.27. The first-order valence-electron chi connectivity index (χ1n) is 9.35. The Morgan fingerprint density at radius 2 is 2.00 bits per heavy atom. The number of benzene rings is 2. The van der Waals surface area contributed by atoms with Gasteiger partial charge in [-0.3, -0.25) is 4.99 Å². The molecule has 0 saturated heterocycles. The molecule has 0 aliphatic carbocycles. The molecule has 1 aliphatic rings. The number of guanidine groups is 1. The quantitative estimate of drug-likeness (QED) is 0.229. The van der Waals surface area contributed by atoms with Crippen molar-refractivity contribution in [1.82, 2.24) is 15.6 Å². The second-order valence-corrected chi connectivity index (χ2v) is 7.73. The van der Waals surface area contributed by atoms with E-state index >= 15 is 0 Å². The molecule has 4 rings (SSSR count). The summed E-state index contributed by atoms with van der Waals surface area (Å²) < 4.78 is 7.22. The summed E-state index contributed by atoms with van der Waals surface area (Å²) in [5.74, 6) is 1.82. The summed E-state index contributed by atoms with van der Waals surface area (Å²) in [6.45, 7) is 1.60. The molecular formula is C21H25IN4OS. The van der Waals surface area contributed by atoms with Gasteiger partial charge in [-0.1, -0.05) is 30.3 Å². The molecule has 28 heavy (non-hydrogen) atoms. The van der Waals surface area contributed by atoms with E-state index in [0.717, 1.165) is 49.6 Å². The van der Waals surface area contributed by atoms with Crippen molar-refractivity contribution >= 4 is 51.5 Å². The fourth-order valence-corrected chi connectivity index (χ4v) is 4.28. The third kappa shape index (κ3) is 5.14. The van der Waals surface area contributed by atoms with E-state index in [2.05, 4.69) is 50.9 Å². The Kier molecular flexibility index (Phi) is 7.50. The van der Waals surface area contributed by atoms with Gasteiger partial charge in [0.25, 0.3) is 0 Å². The van der Waals surface area contributed by atoms with Crippen LogP contribution in [-0.2, 0) is 12.8 Å². The molecule has 3 aromatic rings. The lowest BCUT2D eigenvalue weighted by Crippen LogP contribution is -2.42. The zero-order valence-corrected chi connectivity index (χ0v) is 19.0. The minimum absolute atomic E-state index is 0. The number of aliphatic imine (C=N–C) groups is 1. The van der Waals surface area contributed by atoms with Crippen LogP contribution in [0.3, 0.4) is 0 Å². The van der Waals surface area contributed by atoms with E-state index in [1.807, 2.05) is 18.2 Å². The molecule has 2 heterocycles. The highest BCUT2D eigenvalue weighted by atomic mass is 127. The molecule has 0 radical (unpaired) electrons. The van der Waals surface area contributed by atoms with Crippen molar-refractivity contribution < 1.29 is 4.74 Å². The summed E-state index contributed by atoms with van der Waals surface area (Å²) >= 11 is 1.78. The number of rotatable bonds is 6. The van der Waals surface area contributed by atoms with Gasteiger partial charge in [0, 0.05) is 26.4 Å². The Labute approximate surface area is 186 Å². The third-order valence-corrected chi connectivity index (χ3v) is 5.73. The molecule has 0 amide bonds. The van der Waals surface area contributed by atoms with Crippen LogP contribution in [0.5, 0.6) is 5.75 Å². The van der Waals surface area contributed by atoms with Crippen molar-refractivity contribution in [3.05, 3.63) is 59.1 Å². The number of aromatic nitrogens is 1. The fourth-order valence-electron chi connectivity index (χ4n) is 3.27. The number of nitrogens with zero attached hydrogens (tertiary/aromatic N) is 2. The van der Waals surface area contributed by atoms with Gasteiger partial charge in [0.1, 0.15) is 11.9 Å². The minimum Gasteiger partial charge on any atom is -0.488 e. The number of para-hydroxylation sites is 2. The standard InChI is InChI=1S/C21H24N4OS.HI/c1-22-21(24-14-16-13-15-7-2-4-9-18(15)26-16)23-12-6-11-20-25-17-8-3-5-10-19(17)27-20;/h2-5,7-10,16H,6,11-14H2,1H3,(H2,22,23,24);1H. The fraction of sp³-hybridized carbons (Fsp3) is 0.333. The molecule has 2 aromatic carbocycles. The van der Waals surface area contributed by atoms with Crippen molar-refractivity contribution in [3.8, 4) is 5.75 Å². The van der Waals surface area contributed by atoms with E-state index in [9.17, 15) is 0 Å². The number of fused-ring (bicyclic) bond motifs is 2. The second kappa shape index (κ2) is 10.1. The van der Waals surface area contributed by atoms with Crippen LogP contribution in [0.4, 0.5) is 0 Å². The number of ether oxygens (including phenoxy) is 1. The van der Waals surface area contributed by atoms with E-state index in [-0.39, 0.29) is 30.1 Å². The topological polar surface area (TPSA) is 58.5 Å². The molecule has 148 valence electrons. The molecule has 2 N–H and O–H groups in total. The van der Waals surface area contributed by atoms with E-state index in [1.165, 1.54) is 15.3 Å². The van der Waals surface area contributed by atoms with Gasteiger partial charge in [0.2, 0.25) is 0 Å². The maximum atomic E-state index is 5.96. The summed E-state index contributed by atoms with van der Waals surface area (Å²) in [5.41, 5.74) is 2.38. The molecule has 1 unspecified atom stereocenters. The Morgan fingerprint density at radius 3 is 2.82 bits per heavy atom. The van der Waals surface area contributed by atoms with E-state index in [0.29, 0.717) is 0 Å².